The molecule has 0 aliphatic heterocycles. The van der Waals surface area contributed by atoms with Crippen molar-refractivity contribution in [3.8, 4) is 11.1 Å². The van der Waals surface area contributed by atoms with E-state index in [2.05, 4.69) is 9.97 Å². The van der Waals surface area contributed by atoms with E-state index in [4.69, 9.17) is 5.73 Å². The van der Waals surface area contributed by atoms with Gasteiger partial charge in [0.2, 0.25) is 0 Å². The summed E-state index contributed by atoms with van der Waals surface area (Å²) in [6.07, 6.45) is 1.22. The smallest absolute Gasteiger partial charge is 0.149 e. The molecule has 5 heteroatoms. The maximum Gasteiger partial charge on any atom is 0.149 e. The highest BCUT2D eigenvalue weighted by Gasteiger charge is 2.12. The van der Waals surface area contributed by atoms with Crippen molar-refractivity contribution in [2.75, 3.05) is 5.73 Å². The van der Waals surface area contributed by atoms with Crippen LogP contribution in [0.1, 0.15) is 0 Å². The van der Waals surface area contributed by atoms with Crippen molar-refractivity contribution in [3.05, 3.63) is 54.4 Å². The number of halogens is 2. The van der Waals surface area contributed by atoms with Gasteiger partial charge >= 0.3 is 0 Å². The van der Waals surface area contributed by atoms with Gasteiger partial charge in [-0.05, 0) is 29.3 Å². The van der Waals surface area contributed by atoms with Crippen LogP contribution in [0.2, 0.25) is 0 Å². The number of fused-ring (bicyclic) bond motifs is 1. The molecular formula is C14H9F2N3. The van der Waals surface area contributed by atoms with Crippen molar-refractivity contribution in [1.29, 1.82) is 0 Å². The van der Waals surface area contributed by atoms with Crippen LogP contribution in [0.4, 0.5) is 14.6 Å². The fourth-order valence-corrected chi connectivity index (χ4v) is 2.03. The Morgan fingerprint density at radius 3 is 2.37 bits per heavy atom. The number of hydrogen-bond donors (Lipinski definition) is 1. The van der Waals surface area contributed by atoms with Gasteiger partial charge in [0.25, 0.3) is 0 Å². The molecule has 1 heterocycles. The fraction of sp³-hybridized carbons (Fsp3) is 0. The molecule has 0 fully saturated rings. The standard InChI is InChI=1S/C14H9F2N3/c15-9-3-1-8(2-4-9)10-5-6-11(16)13-12(10)14(17)19-7-18-13/h1-7H,(H2,17,18,19). The van der Waals surface area contributed by atoms with E-state index in [0.29, 0.717) is 10.9 Å². The molecule has 19 heavy (non-hydrogen) atoms. The van der Waals surface area contributed by atoms with Gasteiger partial charge in [-0.2, -0.15) is 0 Å². The first kappa shape index (κ1) is 11.5. The highest BCUT2D eigenvalue weighted by molar-refractivity contribution is 6.01. The van der Waals surface area contributed by atoms with Gasteiger partial charge in [-0.15, -0.1) is 0 Å². The minimum Gasteiger partial charge on any atom is -0.383 e. The molecule has 0 spiro atoms. The number of aromatic nitrogens is 2. The van der Waals surface area contributed by atoms with Crippen LogP contribution in [0.3, 0.4) is 0 Å². The number of rotatable bonds is 1. The molecule has 0 saturated carbocycles. The highest BCUT2D eigenvalue weighted by Crippen LogP contribution is 2.31. The molecule has 0 aliphatic carbocycles. The van der Waals surface area contributed by atoms with Gasteiger partial charge < -0.3 is 5.73 Å². The predicted molar refractivity (Wildman–Crippen MR) is 69.3 cm³/mol. The van der Waals surface area contributed by atoms with Gasteiger partial charge in [0.1, 0.15) is 29.3 Å². The Labute approximate surface area is 107 Å². The van der Waals surface area contributed by atoms with Crippen LogP contribution >= 0.6 is 0 Å². The lowest BCUT2D eigenvalue weighted by Crippen LogP contribution is -1.97. The van der Waals surface area contributed by atoms with Gasteiger partial charge in [0.15, 0.2) is 0 Å². The zero-order chi connectivity index (χ0) is 13.4. The number of anilines is 1. The van der Waals surface area contributed by atoms with Gasteiger partial charge in [-0.1, -0.05) is 18.2 Å². The Morgan fingerprint density at radius 1 is 0.895 bits per heavy atom. The molecule has 0 saturated heterocycles. The van der Waals surface area contributed by atoms with E-state index in [-0.39, 0.29) is 17.2 Å². The van der Waals surface area contributed by atoms with Crippen LogP contribution in [0.25, 0.3) is 22.0 Å². The molecule has 2 N–H and O–H groups in total. The lowest BCUT2D eigenvalue weighted by molar-refractivity contribution is 0.628. The molecule has 0 aliphatic rings. The minimum atomic E-state index is -0.463. The van der Waals surface area contributed by atoms with Crippen LogP contribution in [0.15, 0.2) is 42.7 Å². The summed E-state index contributed by atoms with van der Waals surface area (Å²) >= 11 is 0. The number of nitrogens with two attached hydrogens (primary N) is 1. The third kappa shape index (κ3) is 1.89. The molecule has 3 nitrogen and oxygen atoms in total. The maximum atomic E-state index is 13.7. The Bertz CT molecular complexity index is 754. The summed E-state index contributed by atoms with van der Waals surface area (Å²) in [6, 6.07) is 8.79. The molecule has 1 aromatic heterocycles. The van der Waals surface area contributed by atoms with Crippen molar-refractivity contribution in [2.45, 2.75) is 0 Å². The zero-order valence-corrected chi connectivity index (χ0v) is 9.77. The molecule has 0 bridgehead atoms. The average molecular weight is 257 g/mol. The Kier molecular flexibility index (Phi) is 2.59. The summed E-state index contributed by atoms with van der Waals surface area (Å²) < 4.78 is 26.7. The van der Waals surface area contributed by atoms with E-state index in [1.54, 1.807) is 18.2 Å². The first-order valence-electron chi connectivity index (χ1n) is 5.61. The van der Waals surface area contributed by atoms with Gasteiger partial charge in [0, 0.05) is 0 Å². The van der Waals surface area contributed by atoms with E-state index in [9.17, 15) is 8.78 Å². The number of nitrogen functional groups attached to an aromatic ring is 1. The van der Waals surface area contributed by atoms with Crippen LogP contribution < -0.4 is 5.73 Å². The molecule has 0 amide bonds. The molecule has 0 radical (unpaired) electrons. The minimum absolute atomic E-state index is 0.161. The van der Waals surface area contributed by atoms with Gasteiger partial charge in [-0.3, -0.25) is 0 Å². The predicted octanol–water partition coefficient (Wildman–Crippen LogP) is 3.16. The largest absolute Gasteiger partial charge is 0.383 e. The summed E-state index contributed by atoms with van der Waals surface area (Å²) in [5.74, 6) is -0.599. The summed E-state index contributed by atoms with van der Waals surface area (Å²) in [5, 5.41) is 0.439. The number of benzene rings is 2. The van der Waals surface area contributed by atoms with Crippen molar-refractivity contribution in [3.63, 3.8) is 0 Å². The molecule has 0 unspecified atom stereocenters. The second-order valence-corrected chi connectivity index (χ2v) is 4.08. The third-order valence-electron chi connectivity index (χ3n) is 2.92. The topological polar surface area (TPSA) is 51.8 Å². The van der Waals surface area contributed by atoms with E-state index in [1.807, 2.05) is 0 Å². The van der Waals surface area contributed by atoms with E-state index < -0.39 is 5.82 Å². The second-order valence-electron chi connectivity index (χ2n) is 4.08. The molecule has 3 rings (SSSR count). The summed E-state index contributed by atoms with van der Waals surface area (Å²) in [7, 11) is 0. The van der Waals surface area contributed by atoms with Crippen molar-refractivity contribution in [1.82, 2.24) is 9.97 Å². The first-order valence-corrected chi connectivity index (χ1v) is 5.61. The molecule has 94 valence electrons. The van der Waals surface area contributed by atoms with E-state index in [0.717, 1.165) is 5.56 Å². The normalized spacial score (nSPS) is 10.8. The highest BCUT2D eigenvalue weighted by atomic mass is 19.1. The van der Waals surface area contributed by atoms with Crippen LogP contribution in [0.5, 0.6) is 0 Å². The summed E-state index contributed by atoms with van der Waals surface area (Å²) in [6.45, 7) is 0. The maximum absolute atomic E-state index is 13.7. The lowest BCUT2D eigenvalue weighted by Gasteiger charge is -2.08. The van der Waals surface area contributed by atoms with Crippen molar-refractivity contribution < 1.29 is 8.78 Å². The average Bonchev–Trinajstić information content (AvgIpc) is 2.41. The summed E-state index contributed by atoms with van der Waals surface area (Å²) in [5.41, 5.74) is 7.37. The number of hydrogen-bond acceptors (Lipinski definition) is 3. The van der Waals surface area contributed by atoms with Gasteiger partial charge in [-0.25, -0.2) is 18.7 Å². The number of nitrogens with zero attached hydrogens (tertiary/aromatic N) is 2. The van der Waals surface area contributed by atoms with Crippen LogP contribution in [0, 0.1) is 11.6 Å². The lowest BCUT2D eigenvalue weighted by atomic mass is 10.0. The Balaban J connectivity index is 2.36. The first-order chi connectivity index (χ1) is 9.16. The molecule has 3 aromatic rings. The molecule has 2 aromatic carbocycles. The SMILES string of the molecule is Nc1ncnc2c(F)ccc(-c3ccc(F)cc3)c12. The Morgan fingerprint density at radius 2 is 1.63 bits per heavy atom. The van der Waals surface area contributed by atoms with E-state index in [1.165, 1.54) is 24.5 Å². The monoisotopic (exact) mass is 257 g/mol. The van der Waals surface area contributed by atoms with Crippen LogP contribution in [-0.2, 0) is 0 Å². The zero-order valence-electron chi connectivity index (χ0n) is 9.77. The third-order valence-corrected chi connectivity index (χ3v) is 2.92. The fourth-order valence-electron chi connectivity index (χ4n) is 2.03. The van der Waals surface area contributed by atoms with Crippen LogP contribution in [-0.4, -0.2) is 9.97 Å². The van der Waals surface area contributed by atoms with Crippen molar-refractivity contribution in [2.24, 2.45) is 0 Å². The Hall–Kier alpha value is -2.56. The second kappa shape index (κ2) is 4.28. The summed E-state index contributed by atoms with van der Waals surface area (Å²) in [4.78, 5) is 7.78. The van der Waals surface area contributed by atoms with Crippen molar-refractivity contribution >= 4 is 16.7 Å². The quantitative estimate of drug-likeness (QED) is 0.728. The molecular weight excluding hydrogens is 248 g/mol. The van der Waals surface area contributed by atoms with E-state index >= 15 is 0 Å². The molecule has 0 atom stereocenters. The van der Waals surface area contributed by atoms with Gasteiger partial charge in [0.05, 0.1) is 5.39 Å².